The first kappa shape index (κ1) is 23.2. The maximum absolute atomic E-state index is 12.7. The number of pyridine rings is 1. The lowest BCUT2D eigenvalue weighted by Gasteiger charge is -2.19. The van der Waals surface area contributed by atoms with E-state index >= 15 is 0 Å². The number of aromatic nitrogens is 5. The van der Waals surface area contributed by atoms with Gasteiger partial charge in [0.2, 0.25) is 5.95 Å². The number of fused-ring (bicyclic) bond motifs is 1. The van der Waals surface area contributed by atoms with Crippen molar-refractivity contribution in [2.24, 2.45) is 0 Å². The van der Waals surface area contributed by atoms with Gasteiger partial charge in [0.1, 0.15) is 11.4 Å². The average molecular weight is 460 g/mol. The molecular formula is C24H29N9O. The fourth-order valence-corrected chi connectivity index (χ4v) is 3.41. The zero-order chi connectivity index (χ0) is 24.1. The summed E-state index contributed by atoms with van der Waals surface area (Å²) in [7, 11) is 0. The first-order valence-electron chi connectivity index (χ1n) is 11.2. The van der Waals surface area contributed by atoms with Crippen molar-refractivity contribution in [2.45, 2.75) is 39.2 Å². The number of nitrogens with zero attached hydrogens (tertiary/aromatic N) is 5. The minimum atomic E-state index is -0.305. The molecule has 0 aliphatic carbocycles. The van der Waals surface area contributed by atoms with Crippen molar-refractivity contribution in [1.29, 1.82) is 0 Å². The van der Waals surface area contributed by atoms with E-state index in [1.165, 1.54) is 6.20 Å². The molecule has 176 valence electrons. The zero-order valence-electron chi connectivity index (χ0n) is 19.6. The maximum atomic E-state index is 12.7. The quantitative estimate of drug-likeness (QED) is 0.394. The SMILES string of the molecule is C=CCNC(=O)c1cnc(Nc2cnc3c(n2)CCNC3)nc1Nc1ccnc(C(C)(C)C)c1. The summed E-state index contributed by atoms with van der Waals surface area (Å²) in [6.45, 7) is 11.8. The van der Waals surface area contributed by atoms with E-state index in [-0.39, 0.29) is 11.3 Å². The van der Waals surface area contributed by atoms with Gasteiger partial charge in [-0.1, -0.05) is 26.8 Å². The number of nitrogens with one attached hydrogen (secondary N) is 4. The molecule has 3 aromatic heterocycles. The second kappa shape index (κ2) is 9.92. The Morgan fingerprint density at radius 3 is 2.79 bits per heavy atom. The van der Waals surface area contributed by atoms with Crippen LogP contribution in [-0.4, -0.2) is 43.9 Å². The molecule has 0 spiro atoms. The normalized spacial score (nSPS) is 13.0. The minimum absolute atomic E-state index is 0.124. The Balaban J connectivity index is 1.64. The fourth-order valence-electron chi connectivity index (χ4n) is 3.41. The molecule has 1 aliphatic rings. The maximum Gasteiger partial charge on any atom is 0.256 e. The lowest BCUT2D eigenvalue weighted by Crippen LogP contribution is -2.26. The van der Waals surface area contributed by atoms with Crippen molar-refractivity contribution in [2.75, 3.05) is 23.7 Å². The van der Waals surface area contributed by atoms with Crippen molar-refractivity contribution >= 4 is 29.2 Å². The lowest BCUT2D eigenvalue weighted by molar-refractivity contribution is 0.0958. The molecule has 0 aromatic carbocycles. The van der Waals surface area contributed by atoms with Crippen LogP contribution < -0.4 is 21.3 Å². The van der Waals surface area contributed by atoms with E-state index in [2.05, 4.69) is 73.5 Å². The highest BCUT2D eigenvalue weighted by Crippen LogP contribution is 2.26. The smallest absolute Gasteiger partial charge is 0.256 e. The number of carbonyl (C=O) groups excluding carboxylic acids is 1. The van der Waals surface area contributed by atoms with Crippen LogP contribution in [0.25, 0.3) is 0 Å². The van der Waals surface area contributed by atoms with Crippen molar-refractivity contribution in [3.8, 4) is 0 Å². The van der Waals surface area contributed by atoms with Crippen molar-refractivity contribution in [3.63, 3.8) is 0 Å². The number of hydrogen-bond donors (Lipinski definition) is 4. The molecule has 10 heteroatoms. The topological polar surface area (TPSA) is 130 Å². The van der Waals surface area contributed by atoms with Gasteiger partial charge in [-0.15, -0.1) is 6.58 Å². The van der Waals surface area contributed by atoms with Gasteiger partial charge in [-0.05, 0) is 12.1 Å². The van der Waals surface area contributed by atoms with Gasteiger partial charge in [-0.2, -0.15) is 4.98 Å². The Kier molecular flexibility index (Phi) is 6.78. The molecule has 34 heavy (non-hydrogen) atoms. The number of anilines is 4. The van der Waals surface area contributed by atoms with Crippen LogP contribution in [0.3, 0.4) is 0 Å². The van der Waals surface area contributed by atoms with E-state index in [1.807, 2.05) is 12.1 Å². The third-order valence-electron chi connectivity index (χ3n) is 5.23. The summed E-state index contributed by atoms with van der Waals surface area (Å²) in [5.74, 6) is 0.908. The number of hydrogen-bond acceptors (Lipinski definition) is 9. The van der Waals surface area contributed by atoms with Crippen LogP contribution in [0.5, 0.6) is 0 Å². The van der Waals surface area contributed by atoms with Gasteiger partial charge in [0.25, 0.3) is 5.91 Å². The van der Waals surface area contributed by atoms with Gasteiger partial charge in [0, 0.05) is 55.2 Å². The molecular weight excluding hydrogens is 430 g/mol. The number of rotatable bonds is 7. The summed E-state index contributed by atoms with van der Waals surface area (Å²) in [4.78, 5) is 35.2. The van der Waals surface area contributed by atoms with Crippen LogP contribution in [-0.2, 0) is 18.4 Å². The Hall–Kier alpha value is -3.92. The Labute approximate surface area is 198 Å². The van der Waals surface area contributed by atoms with E-state index in [4.69, 9.17) is 0 Å². The van der Waals surface area contributed by atoms with Crippen LogP contribution in [0, 0.1) is 0 Å². The Bertz CT molecular complexity index is 1200. The summed E-state index contributed by atoms with van der Waals surface area (Å²) in [6, 6.07) is 3.78. The molecule has 0 atom stereocenters. The first-order chi connectivity index (χ1) is 16.3. The predicted octanol–water partition coefficient (Wildman–Crippen LogP) is 3.01. The Morgan fingerprint density at radius 1 is 1.15 bits per heavy atom. The van der Waals surface area contributed by atoms with Gasteiger partial charge in [-0.25, -0.2) is 9.97 Å². The molecule has 1 amide bonds. The molecule has 4 N–H and O–H groups in total. The highest BCUT2D eigenvalue weighted by atomic mass is 16.1. The van der Waals surface area contributed by atoms with Gasteiger partial charge in [0.15, 0.2) is 5.82 Å². The largest absolute Gasteiger partial charge is 0.348 e. The lowest BCUT2D eigenvalue weighted by atomic mass is 9.91. The Morgan fingerprint density at radius 2 is 2.00 bits per heavy atom. The summed E-state index contributed by atoms with van der Waals surface area (Å²) < 4.78 is 0. The molecule has 3 aromatic rings. The van der Waals surface area contributed by atoms with E-state index in [0.717, 1.165) is 35.7 Å². The fraction of sp³-hybridized carbons (Fsp3) is 0.333. The molecule has 4 heterocycles. The van der Waals surface area contributed by atoms with Crippen LogP contribution in [0.4, 0.5) is 23.3 Å². The molecule has 0 fully saturated rings. The molecule has 1 aliphatic heterocycles. The zero-order valence-corrected chi connectivity index (χ0v) is 19.6. The van der Waals surface area contributed by atoms with E-state index in [9.17, 15) is 4.79 Å². The minimum Gasteiger partial charge on any atom is -0.348 e. The third-order valence-corrected chi connectivity index (χ3v) is 5.23. The van der Waals surface area contributed by atoms with Crippen molar-refractivity contribution in [1.82, 2.24) is 35.6 Å². The predicted molar refractivity (Wildman–Crippen MR) is 132 cm³/mol. The molecule has 4 rings (SSSR count). The standard InChI is InChI=1S/C24H29N9O/c1-5-8-27-22(34)16-12-29-23(32-20-14-28-18-13-25-9-7-17(18)31-20)33-21(16)30-15-6-10-26-19(11-15)24(2,3)4/h5-6,10-12,14,25H,1,7-9,13H2,2-4H3,(H,27,34)(H2,26,29,30,31,32,33). The molecule has 0 saturated heterocycles. The number of carbonyl (C=O) groups is 1. The molecule has 0 saturated carbocycles. The highest BCUT2D eigenvalue weighted by Gasteiger charge is 2.19. The highest BCUT2D eigenvalue weighted by molar-refractivity contribution is 5.99. The molecule has 0 radical (unpaired) electrons. The van der Waals surface area contributed by atoms with E-state index < -0.39 is 0 Å². The van der Waals surface area contributed by atoms with E-state index in [1.54, 1.807) is 18.5 Å². The molecule has 0 unspecified atom stereocenters. The van der Waals surface area contributed by atoms with Crippen LogP contribution in [0.2, 0.25) is 0 Å². The van der Waals surface area contributed by atoms with Gasteiger partial charge < -0.3 is 21.3 Å². The molecule has 0 bridgehead atoms. The van der Waals surface area contributed by atoms with Crippen LogP contribution >= 0.6 is 0 Å². The summed E-state index contributed by atoms with van der Waals surface area (Å²) in [5, 5.41) is 12.4. The van der Waals surface area contributed by atoms with E-state index in [0.29, 0.717) is 36.2 Å². The van der Waals surface area contributed by atoms with Crippen LogP contribution in [0.1, 0.15) is 48.2 Å². The van der Waals surface area contributed by atoms with Crippen molar-refractivity contribution in [3.05, 3.63) is 66.0 Å². The van der Waals surface area contributed by atoms with Gasteiger partial charge in [-0.3, -0.25) is 14.8 Å². The van der Waals surface area contributed by atoms with Crippen molar-refractivity contribution < 1.29 is 4.79 Å². The summed E-state index contributed by atoms with van der Waals surface area (Å²) >= 11 is 0. The second-order valence-electron chi connectivity index (χ2n) is 8.96. The molecule has 10 nitrogen and oxygen atoms in total. The van der Waals surface area contributed by atoms with Gasteiger partial charge >= 0.3 is 0 Å². The summed E-state index contributed by atoms with van der Waals surface area (Å²) in [6.07, 6.45) is 7.30. The monoisotopic (exact) mass is 459 g/mol. The van der Waals surface area contributed by atoms with Crippen LogP contribution in [0.15, 0.2) is 43.4 Å². The number of amides is 1. The third kappa shape index (κ3) is 5.52. The average Bonchev–Trinajstić information content (AvgIpc) is 2.82. The summed E-state index contributed by atoms with van der Waals surface area (Å²) in [5.41, 5.74) is 3.77. The first-order valence-corrected chi connectivity index (χ1v) is 11.2. The van der Waals surface area contributed by atoms with Gasteiger partial charge in [0.05, 0.1) is 17.6 Å². The second-order valence-corrected chi connectivity index (χ2v) is 8.96.